The number of hydrogen-bond acceptors (Lipinski definition) is 4. The van der Waals surface area contributed by atoms with Gasteiger partial charge in [0.25, 0.3) is 0 Å². The van der Waals surface area contributed by atoms with Crippen LogP contribution in [0.2, 0.25) is 10.0 Å². The lowest BCUT2D eigenvalue weighted by Crippen LogP contribution is -2.54. The van der Waals surface area contributed by atoms with Gasteiger partial charge in [-0.1, -0.05) is 35.4 Å². The molecule has 2 rings (SSSR count). The number of ether oxygens (including phenoxy) is 1. The molecule has 0 radical (unpaired) electrons. The largest absolute Gasteiger partial charge is 0.490 e. The Balaban J connectivity index is 2.36. The van der Waals surface area contributed by atoms with E-state index in [4.69, 9.17) is 27.9 Å². The SMILES string of the molecule is C=CCn1c(=O)n(CC=C)c(=O)n(CCOc2cc(Cl)ccc2Cl)c1=O. The fraction of sp³-hybridized carbons (Fsp3) is 0.235. The number of rotatable bonds is 8. The molecule has 138 valence electrons. The lowest BCUT2D eigenvalue weighted by molar-refractivity contribution is 0.287. The molecular weight excluding hydrogens is 381 g/mol. The van der Waals surface area contributed by atoms with Crippen LogP contribution in [0.3, 0.4) is 0 Å². The van der Waals surface area contributed by atoms with Gasteiger partial charge in [0.1, 0.15) is 12.4 Å². The number of halogens is 2. The van der Waals surface area contributed by atoms with Gasteiger partial charge in [-0.15, -0.1) is 13.2 Å². The predicted molar refractivity (Wildman–Crippen MR) is 102 cm³/mol. The molecule has 9 heteroatoms. The summed E-state index contributed by atoms with van der Waals surface area (Å²) in [5.41, 5.74) is -2.18. The zero-order chi connectivity index (χ0) is 19.3. The fourth-order valence-electron chi connectivity index (χ4n) is 2.28. The summed E-state index contributed by atoms with van der Waals surface area (Å²) < 4.78 is 8.27. The molecule has 0 bridgehead atoms. The minimum Gasteiger partial charge on any atom is -0.490 e. The molecule has 7 nitrogen and oxygen atoms in total. The van der Waals surface area contributed by atoms with E-state index in [0.717, 1.165) is 13.7 Å². The fourth-order valence-corrected chi connectivity index (χ4v) is 2.61. The molecule has 2 aromatic rings. The molecular formula is C17H17Cl2N3O4. The Morgan fingerprint density at radius 1 is 0.923 bits per heavy atom. The van der Waals surface area contributed by atoms with Gasteiger partial charge in [-0.25, -0.2) is 28.1 Å². The van der Waals surface area contributed by atoms with Crippen LogP contribution < -0.4 is 21.8 Å². The van der Waals surface area contributed by atoms with Gasteiger partial charge in [-0.3, -0.25) is 0 Å². The summed E-state index contributed by atoms with van der Waals surface area (Å²) in [4.78, 5) is 37.2. The molecule has 0 spiro atoms. The first kappa shape index (κ1) is 19.8. The summed E-state index contributed by atoms with van der Waals surface area (Å²) in [7, 11) is 0. The smallest absolute Gasteiger partial charge is 0.336 e. The van der Waals surface area contributed by atoms with Crippen molar-refractivity contribution in [2.24, 2.45) is 0 Å². The van der Waals surface area contributed by atoms with Gasteiger partial charge in [0, 0.05) is 11.1 Å². The Bertz CT molecular complexity index is 956. The van der Waals surface area contributed by atoms with Crippen molar-refractivity contribution in [3.8, 4) is 5.75 Å². The molecule has 1 aromatic carbocycles. The average Bonchev–Trinajstić information content (AvgIpc) is 2.61. The highest BCUT2D eigenvalue weighted by atomic mass is 35.5. The molecule has 0 N–H and O–H groups in total. The van der Waals surface area contributed by atoms with Gasteiger partial charge in [-0.2, -0.15) is 0 Å². The molecule has 1 aromatic heterocycles. The van der Waals surface area contributed by atoms with Crippen LogP contribution in [0.25, 0.3) is 0 Å². The standard InChI is InChI=1S/C17H17Cl2N3O4/c1-3-7-20-15(23)21(8-4-2)17(25)22(16(20)24)9-10-26-14-11-12(18)5-6-13(14)19/h3-6,11H,1-2,7-10H2. The number of nitrogens with zero attached hydrogens (tertiary/aromatic N) is 3. The summed E-state index contributed by atoms with van der Waals surface area (Å²) in [5.74, 6) is 0.332. The van der Waals surface area contributed by atoms with Gasteiger partial charge >= 0.3 is 17.1 Å². The predicted octanol–water partition coefficient (Wildman–Crippen LogP) is 1.93. The van der Waals surface area contributed by atoms with Crippen molar-refractivity contribution >= 4 is 23.2 Å². The van der Waals surface area contributed by atoms with Crippen molar-refractivity contribution in [2.75, 3.05) is 6.61 Å². The highest BCUT2D eigenvalue weighted by Gasteiger charge is 2.14. The highest BCUT2D eigenvalue weighted by molar-refractivity contribution is 6.34. The minimum atomic E-state index is -0.735. The molecule has 0 aliphatic rings. The number of allylic oxidation sites excluding steroid dienone is 2. The molecule has 0 unspecified atom stereocenters. The van der Waals surface area contributed by atoms with Crippen molar-refractivity contribution in [3.63, 3.8) is 0 Å². The number of hydrogen-bond donors (Lipinski definition) is 0. The van der Waals surface area contributed by atoms with Gasteiger partial charge in [0.2, 0.25) is 0 Å². The van der Waals surface area contributed by atoms with Crippen LogP contribution in [0.1, 0.15) is 0 Å². The molecule has 0 amide bonds. The lowest BCUT2D eigenvalue weighted by Gasteiger charge is -2.13. The van der Waals surface area contributed by atoms with Gasteiger partial charge in [0.05, 0.1) is 24.7 Å². The van der Waals surface area contributed by atoms with Crippen LogP contribution in [0.4, 0.5) is 0 Å². The maximum Gasteiger partial charge on any atom is 0.336 e. The van der Waals surface area contributed by atoms with Crippen LogP contribution in [0, 0.1) is 0 Å². The van der Waals surface area contributed by atoms with Crippen LogP contribution in [-0.4, -0.2) is 20.3 Å². The molecule has 0 atom stereocenters. The van der Waals surface area contributed by atoms with E-state index >= 15 is 0 Å². The van der Waals surface area contributed by atoms with E-state index in [2.05, 4.69) is 13.2 Å². The third kappa shape index (κ3) is 4.17. The summed E-state index contributed by atoms with van der Waals surface area (Å²) in [6, 6.07) is 4.72. The maximum atomic E-state index is 12.5. The van der Waals surface area contributed by atoms with Crippen molar-refractivity contribution < 1.29 is 4.74 Å². The van der Waals surface area contributed by atoms with E-state index in [-0.39, 0.29) is 26.2 Å². The van der Waals surface area contributed by atoms with Crippen LogP contribution in [0.15, 0.2) is 57.9 Å². The van der Waals surface area contributed by atoms with Crippen molar-refractivity contribution in [1.29, 1.82) is 0 Å². The van der Waals surface area contributed by atoms with Gasteiger partial charge in [-0.05, 0) is 12.1 Å². The average molecular weight is 398 g/mol. The summed E-state index contributed by atoms with van der Waals surface area (Å²) in [6.45, 7) is 6.91. The third-order valence-electron chi connectivity index (χ3n) is 3.47. The van der Waals surface area contributed by atoms with E-state index in [1.165, 1.54) is 18.2 Å². The van der Waals surface area contributed by atoms with E-state index in [1.807, 2.05) is 0 Å². The first-order chi connectivity index (χ1) is 12.4. The Kier molecular flexibility index (Phi) is 6.65. The van der Waals surface area contributed by atoms with Crippen LogP contribution in [0.5, 0.6) is 5.75 Å². The molecule has 0 aliphatic heterocycles. The molecule has 26 heavy (non-hydrogen) atoms. The lowest BCUT2D eigenvalue weighted by atomic mass is 10.3. The summed E-state index contributed by atoms with van der Waals surface area (Å²) in [6.07, 6.45) is 2.80. The van der Waals surface area contributed by atoms with Gasteiger partial charge < -0.3 is 4.74 Å². The van der Waals surface area contributed by atoms with Crippen molar-refractivity contribution in [3.05, 3.63) is 85.0 Å². The number of benzene rings is 1. The van der Waals surface area contributed by atoms with E-state index < -0.39 is 17.1 Å². The van der Waals surface area contributed by atoms with E-state index in [9.17, 15) is 14.4 Å². The topological polar surface area (TPSA) is 75.2 Å². The van der Waals surface area contributed by atoms with Crippen LogP contribution in [-0.2, 0) is 19.6 Å². The van der Waals surface area contributed by atoms with Crippen molar-refractivity contribution in [2.45, 2.75) is 19.6 Å². The maximum absolute atomic E-state index is 12.5. The van der Waals surface area contributed by atoms with Gasteiger partial charge in [0.15, 0.2) is 0 Å². The Morgan fingerprint density at radius 3 is 2.00 bits per heavy atom. The Morgan fingerprint density at radius 2 is 1.46 bits per heavy atom. The second-order valence-corrected chi connectivity index (χ2v) is 6.06. The van der Waals surface area contributed by atoms with E-state index in [1.54, 1.807) is 12.1 Å². The first-order valence-electron chi connectivity index (χ1n) is 7.64. The van der Waals surface area contributed by atoms with Crippen molar-refractivity contribution in [1.82, 2.24) is 13.7 Å². The normalized spacial score (nSPS) is 10.5. The Hall–Kier alpha value is -2.51. The molecule has 0 saturated heterocycles. The number of aromatic nitrogens is 3. The third-order valence-corrected chi connectivity index (χ3v) is 4.02. The quantitative estimate of drug-likeness (QED) is 0.637. The second-order valence-electron chi connectivity index (χ2n) is 5.22. The monoisotopic (exact) mass is 397 g/mol. The molecule has 1 heterocycles. The minimum absolute atomic E-state index is 0.0178. The van der Waals surface area contributed by atoms with E-state index in [0.29, 0.717) is 15.8 Å². The Labute approximate surface area is 159 Å². The highest BCUT2D eigenvalue weighted by Crippen LogP contribution is 2.27. The second kappa shape index (κ2) is 8.73. The molecule has 0 fully saturated rings. The van der Waals surface area contributed by atoms with Crippen LogP contribution >= 0.6 is 23.2 Å². The molecule has 0 saturated carbocycles. The zero-order valence-corrected chi connectivity index (χ0v) is 15.4. The summed E-state index contributed by atoms with van der Waals surface area (Å²) >= 11 is 11.9. The zero-order valence-electron chi connectivity index (χ0n) is 13.9. The molecule has 0 aliphatic carbocycles. The first-order valence-corrected chi connectivity index (χ1v) is 8.40. The summed E-state index contributed by atoms with van der Waals surface area (Å²) in [5, 5.41) is 0.789.